The van der Waals surface area contributed by atoms with Gasteiger partial charge >= 0.3 is 0 Å². The molecule has 0 saturated heterocycles. The Hall–Kier alpha value is -3.61. The Labute approximate surface area is 180 Å². The number of ether oxygens (including phenoxy) is 2. The Morgan fingerprint density at radius 3 is 2.32 bits per heavy atom. The topological polar surface area (TPSA) is 84.9 Å². The van der Waals surface area contributed by atoms with Crippen molar-refractivity contribution in [3.05, 3.63) is 64.7 Å². The van der Waals surface area contributed by atoms with Gasteiger partial charge in [-0.1, -0.05) is 12.1 Å². The number of hydrogen-bond donors (Lipinski definition) is 1. The summed E-state index contributed by atoms with van der Waals surface area (Å²) < 4.78 is 10.8. The fourth-order valence-electron chi connectivity index (χ4n) is 4.02. The third-order valence-electron chi connectivity index (χ3n) is 5.60. The highest BCUT2D eigenvalue weighted by Crippen LogP contribution is 2.34. The molecule has 7 heteroatoms. The van der Waals surface area contributed by atoms with Crippen molar-refractivity contribution in [3.63, 3.8) is 0 Å². The maximum atomic E-state index is 12.6. The van der Waals surface area contributed by atoms with Gasteiger partial charge in [0.2, 0.25) is 0 Å². The maximum absolute atomic E-state index is 12.6. The van der Waals surface area contributed by atoms with Crippen LogP contribution in [0.3, 0.4) is 0 Å². The van der Waals surface area contributed by atoms with Gasteiger partial charge in [0.1, 0.15) is 0 Å². The van der Waals surface area contributed by atoms with E-state index in [1.807, 2.05) is 12.1 Å². The Morgan fingerprint density at radius 2 is 1.68 bits per heavy atom. The molecule has 0 saturated carbocycles. The van der Waals surface area contributed by atoms with Gasteiger partial charge in [0.05, 0.1) is 25.3 Å². The summed E-state index contributed by atoms with van der Waals surface area (Å²) in [4.78, 5) is 38.7. The summed E-state index contributed by atoms with van der Waals surface area (Å²) in [6.07, 6.45) is 3.06. The fraction of sp³-hybridized carbons (Fsp3) is 0.292. The Kier molecular flexibility index (Phi) is 5.75. The SMILES string of the molecule is COc1cc2c(cc1OC)C(=CC(=O)CCCN1C(=O)c3ccccc3C1=O)NCC2. The summed E-state index contributed by atoms with van der Waals surface area (Å²) in [5, 5.41) is 3.28. The molecule has 0 atom stereocenters. The normalized spacial score (nSPS) is 16.1. The van der Waals surface area contributed by atoms with Crippen LogP contribution in [0.4, 0.5) is 0 Å². The minimum atomic E-state index is -0.296. The van der Waals surface area contributed by atoms with Crippen molar-refractivity contribution in [2.24, 2.45) is 0 Å². The minimum absolute atomic E-state index is 0.0678. The molecule has 2 aliphatic rings. The zero-order chi connectivity index (χ0) is 22.0. The van der Waals surface area contributed by atoms with Crippen LogP contribution in [0.5, 0.6) is 11.5 Å². The van der Waals surface area contributed by atoms with Crippen LogP contribution < -0.4 is 14.8 Å². The summed E-state index contributed by atoms with van der Waals surface area (Å²) in [6, 6.07) is 10.6. The molecular formula is C24H24N2O5. The van der Waals surface area contributed by atoms with E-state index in [1.165, 1.54) is 4.90 Å². The highest BCUT2D eigenvalue weighted by atomic mass is 16.5. The summed E-state index contributed by atoms with van der Waals surface area (Å²) in [5.74, 6) is 0.607. The minimum Gasteiger partial charge on any atom is -0.493 e. The van der Waals surface area contributed by atoms with E-state index in [2.05, 4.69) is 5.32 Å². The first-order valence-corrected chi connectivity index (χ1v) is 10.2. The van der Waals surface area contributed by atoms with E-state index in [0.717, 1.165) is 29.8 Å². The highest BCUT2D eigenvalue weighted by molar-refractivity contribution is 6.21. The average Bonchev–Trinajstić information content (AvgIpc) is 3.03. The van der Waals surface area contributed by atoms with Crippen LogP contribution in [0.25, 0.3) is 5.70 Å². The molecule has 7 nitrogen and oxygen atoms in total. The number of nitrogens with one attached hydrogen (secondary N) is 1. The fourth-order valence-corrected chi connectivity index (χ4v) is 4.02. The predicted octanol–water partition coefficient (Wildman–Crippen LogP) is 2.84. The number of carbonyl (C=O) groups is 3. The van der Waals surface area contributed by atoms with Crippen molar-refractivity contribution in [1.82, 2.24) is 10.2 Å². The molecule has 160 valence electrons. The van der Waals surface area contributed by atoms with Crippen LogP contribution in [-0.2, 0) is 11.2 Å². The third-order valence-corrected chi connectivity index (χ3v) is 5.60. The molecule has 0 spiro atoms. The van der Waals surface area contributed by atoms with Gasteiger partial charge in [-0.05, 0) is 42.7 Å². The van der Waals surface area contributed by atoms with Gasteiger partial charge in [0, 0.05) is 36.8 Å². The molecule has 2 amide bonds. The number of allylic oxidation sites excluding steroid dienone is 1. The van der Waals surface area contributed by atoms with Gasteiger partial charge < -0.3 is 14.8 Å². The molecule has 1 N–H and O–H groups in total. The van der Waals surface area contributed by atoms with Crippen LogP contribution in [0, 0.1) is 0 Å². The number of fused-ring (bicyclic) bond motifs is 2. The van der Waals surface area contributed by atoms with Gasteiger partial charge in [-0.3, -0.25) is 19.3 Å². The van der Waals surface area contributed by atoms with Crippen molar-refractivity contribution in [3.8, 4) is 11.5 Å². The Bertz CT molecular complexity index is 1050. The molecule has 2 heterocycles. The van der Waals surface area contributed by atoms with E-state index in [9.17, 15) is 14.4 Å². The lowest BCUT2D eigenvalue weighted by Gasteiger charge is -2.23. The zero-order valence-electron chi connectivity index (χ0n) is 17.6. The number of nitrogens with zero attached hydrogens (tertiary/aromatic N) is 1. The number of methoxy groups -OCH3 is 2. The first-order chi connectivity index (χ1) is 15.0. The highest BCUT2D eigenvalue weighted by Gasteiger charge is 2.34. The molecule has 0 aliphatic carbocycles. The van der Waals surface area contributed by atoms with Crippen molar-refractivity contribution in [2.75, 3.05) is 27.3 Å². The number of amides is 2. The zero-order valence-corrected chi connectivity index (χ0v) is 17.6. The van der Waals surface area contributed by atoms with Gasteiger partial charge in [0.15, 0.2) is 17.3 Å². The van der Waals surface area contributed by atoms with Gasteiger partial charge in [0.25, 0.3) is 11.8 Å². The quantitative estimate of drug-likeness (QED) is 0.548. The average molecular weight is 420 g/mol. The van der Waals surface area contributed by atoms with Crippen molar-refractivity contribution >= 4 is 23.3 Å². The second-order valence-corrected chi connectivity index (χ2v) is 7.48. The van der Waals surface area contributed by atoms with E-state index < -0.39 is 0 Å². The van der Waals surface area contributed by atoms with Crippen molar-refractivity contribution < 1.29 is 23.9 Å². The number of hydrogen-bond acceptors (Lipinski definition) is 6. The van der Waals surface area contributed by atoms with Crippen LogP contribution in [-0.4, -0.2) is 49.8 Å². The smallest absolute Gasteiger partial charge is 0.261 e. The lowest BCUT2D eigenvalue weighted by Crippen LogP contribution is -2.31. The molecule has 31 heavy (non-hydrogen) atoms. The van der Waals surface area contributed by atoms with Gasteiger partial charge in [-0.25, -0.2) is 0 Å². The molecule has 0 bridgehead atoms. The van der Waals surface area contributed by atoms with Crippen LogP contribution in [0.15, 0.2) is 42.5 Å². The predicted molar refractivity (Wildman–Crippen MR) is 115 cm³/mol. The summed E-state index contributed by atoms with van der Waals surface area (Å²) in [6.45, 7) is 0.937. The molecule has 0 unspecified atom stereocenters. The van der Waals surface area contributed by atoms with E-state index in [4.69, 9.17) is 9.47 Å². The largest absolute Gasteiger partial charge is 0.493 e. The van der Waals surface area contributed by atoms with E-state index in [-0.39, 0.29) is 30.6 Å². The lowest BCUT2D eigenvalue weighted by atomic mass is 9.96. The first-order valence-electron chi connectivity index (χ1n) is 10.2. The number of rotatable bonds is 7. The number of benzene rings is 2. The molecule has 4 rings (SSSR count). The molecule has 2 aromatic carbocycles. The second kappa shape index (κ2) is 8.63. The summed E-state index contributed by atoms with van der Waals surface area (Å²) in [7, 11) is 3.17. The maximum Gasteiger partial charge on any atom is 0.261 e. The van der Waals surface area contributed by atoms with Gasteiger partial charge in [-0.2, -0.15) is 0 Å². The molecular weight excluding hydrogens is 396 g/mol. The monoisotopic (exact) mass is 420 g/mol. The van der Waals surface area contributed by atoms with Crippen LogP contribution >= 0.6 is 0 Å². The van der Waals surface area contributed by atoms with Crippen molar-refractivity contribution in [2.45, 2.75) is 19.3 Å². The molecule has 0 aromatic heterocycles. The summed E-state index contributed by atoms with van der Waals surface area (Å²) in [5.41, 5.74) is 3.59. The van der Waals surface area contributed by atoms with Crippen LogP contribution in [0.2, 0.25) is 0 Å². The second-order valence-electron chi connectivity index (χ2n) is 7.48. The van der Waals surface area contributed by atoms with E-state index in [1.54, 1.807) is 44.6 Å². The Morgan fingerprint density at radius 1 is 1.03 bits per heavy atom. The standard InChI is InChI=1S/C24H24N2O5/c1-30-21-12-15-9-10-25-20(19(15)14-22(21)31-2)13-16(27)6-5-11-26-23(28)17-7-3-4-8-18(17)24(26)29/h3-4,7-8,12-14,25H,5-6,9-11H2,1-2H3. The lowest BCUT2D eigenvalue weighted by molar-refractivity contribution is -0.114. The number of carbonyl (C=O) groups excluding carboxylic acids is 3. The third kappa shape index (κ3) is 3.91. The Balaban J connectivity index is 1.42. The van der Waals surface area contributed by atoms with Crippen LogP contribution in [0.1, 0.15) is 44.7 Å². The first kappa shape index (κ1) is 20.7. The van der Waals surface area contributed by atoms with E-state index in [0.29, 0.717) is 29.0 Å². The van der Waals surface area contributed by atoms with Crippen molar-refractivity contribution in [1.29, 1.82) is 0 Å². The summed E-state index contributed by atoms with van der Waals surface area (Å²) >= 11 is 0. The van der Waals surface area contributed by atoms with E-state index >= 15 is 0 Å². The molecule has 0 radical (unpaired) electrons. The van der Waals surface area contributed by atoms with Gasteiger partial charge in [-0.15, -0.1) is 0 Å². The molecule has 0 fully saturated rings. The number of imide groups is 1. The molecule has 2 aliphatic heterocycles. The number of ketones is 1. The molecule has 2 aromatic rings.